The average molecular weight is 498 g/mol. The third-order valence-electron chi connectivity index (χ3n) is 7.37. The van der Waals surface area contributed by atoms with E-state index in [0.29, 0.717) is 12.8 Å². The molecule has 0 aromatic rings. The first kappa shape index (κ1) is 34.4. The van der Waals surface area contributed by atoms with Crippen LogP contribution < -0.4 is 5.32 Å². The van der Waals surface area contributed by atoms with Gasteiger partial charge in [0.15, 0.2) is 0 Å². The number of rotatable bonds is 28. The lowest BCUT2D eigenvalue weighted by Crippen LogP contribution is -2.45. The van der Waals surface area contributed by atoms with Crippen molar-refractivity contribution in [3.63, 3.8) is 0 Å². The number of unbranched alkanes of at least 4 members (excludes halogenated alkanes) is 21. The van der Waals surface area contributed by atoms with Crippen LogP contribution in [0.1, 0.15) is 174 Å². The molecule has 4 heteroatoms. The quantitative estimate of drug-likeness (QED) is 0.0947. The Labute approximate surface area is 219 Å². The highest BCUT2D eigenvalue weighted by Gasteiger charge is 2.19. The maximum atomic E-state index is 12.0. The molecule has 0 fully saturated rings. The monoisotopic (exact) mass is 497 g/mol. The molecule has 2 unspecified atom stereocenters. The number of aliphatic hydroxyl groups is 2. The van der Waals surface area contributed by atoms with Gasteiger partial charge in [-0.15, -0.1) is 0 Å². The Kier molecular flexibility index (Phi) is 27.5. The number of amides is 1. The third-order valence-corrected chi connectivity index (χ3v) is 7.37. The predicted octanol–water partition coefficient (Wildman–Crippen LogP) is 8.62. The zero-order valence-electron chi connectivity index (χ0n) is 23.8. The molecule has 0 aromatic carbocycles. The van der Waals surface area contributed by atoms with Crippen molar-refractivity contribution in [2.24, 2.45) is 0 Å². The normalized spacial score (nSPS) is 13.1. The smallest absolute Gasteiger partial charge is 0.220 e. The second kappa shape index (κ2) is 28.0. The minimum absolute atomic E-state index is 0.0487. The fraction of sp³-hybridized carbons (Fsp3) is 0.968. The van der Waals surface area contributed by atoms with Crippen molar-refractivity contribution in [1.29, 1.82) is 0 Å². The second-order valence-corrected chi connectivity index (χ2v) is 10.9. The Bertz CT molecular complexity index is 429. The second-order valence-electron chi connectivity index (χ2n) is 10.9. The van der Waals surface area contributed by atoms with E-state index in [9.17, 15) is 15.0 Å². The molecular weight excluding hydrogens is 434 g/mol. The van der Waals surface area contributed by atoms with E-state index < -0.39 is 12.1 Å². The molecular formula is C31H63NO3. The van der Waals surface area contributed by atoms with Gasteiger partial charge in [0.1, 0.15) is 0 Å². The van der Waals surface area contributed by atoms with Crippen LogP contribution in [0.3, 0.4) is 0 Å². The molecule has 0 heterocycles. The summed E-state index contributed by atoms with van der Waals surface area (Å²) in [5, 5.41) is 22.7. The summed E-state index contributed by atoms with van der Waals surface area (Å²) in [6.07, 6.45) is 30.5. The molecule has 0 aliphatic carbocycles. The van der Waals surface area contributed by atoms with E-state index in [-0.39, 0.29) is 12.5 Å². The Hall–Kier alpha value is -0.610. The number of aliphatic hydroxyl groups excluding tert-OH is 2. The average Bonchev–Trinajstić information content (AvgIpc) is 2.86. The van der Waals surface area contributed by atoms with Gasteiger partial charge in [0.2, 0.25) is 5.91 Å². The summed E-state index contributed by atoms with van der Waals surface area (Å²) >= 11 is 0. The van der Waals surface area contributed by atoms with Crippen LogP contribution in [0.25, 0.3) is 0 Å². The number of hydrogen-bond donors (Lipinski definition) is 3. The van der Waals surface area contributed by atoms with E-state index in [2.05, 4.69) is 19.2 Å². The number of hydrogen-bond acceptors (Lipinski definition) is 3. The molecule has 4 nitrogen and oxygen atoms in total. The first-order chi connectivity index (χ1) is 17.2. The zero-order chi connectivity index (χ0) is 25.8. The van der Waals surface area contributed by atoms with Crippen LogP contribution >= 0.6 is 0 Å². The Balaban J connectivity index is 3.41. The molecule has 0 saturated carbocycles. The Morgan fingerprint density at radius 2 is 0.914 bits per heavy atom. The zero-order valence-corrected chi connectivity index (χ0v) is 23.8. The highest BCUT2D eigenvalue weighted by atomic mass is 16.3. The van der Waals surface area contributed by atoms with Gasteiger partial charge in [-0.1, -0.05) is 155 Å². The summed E-state index contributed by atoms with van der Waals surface area (Å²) < 4.78 is 0. The minimum atomic E-state index is -0.648. The van der Waals surface area contributed by atoms with Gasteiger partial charge < -0.3 is 15.5 Å². The Morgan fingerprint density at radius 1 is 0.571 bits per heavy atom. The van der Waals surface area contributed by atoms with Crippen molar-refractivity contribution in [1.82, 2.24) is 5.32 Å². The van der Waals surface area contributed by atoms with E-state index in [0.717, 1.165) is 38.5 Å². The van der Waals surface area contributed by atoms with Crippen LogP contribution in [0.2, 0.25) is 0 Å². The maximum absolute atomic E-state index is 12.0. The highest BCUT2D eigenvalue weighted by molar-refractivity contribution is 5.76. The van der Waals surface area contributed by atoms with Crippen LogP contribution in [0, 0.1) is 0 Å². The highest BCUT2D eigenvalue weighted by Crippen LogP contribution is 2.15. The maximum Gasteiger partial charge on any atom is 0.220 e. The van der Waals surface area contributed by atoms with Crippen LogP contribution in [-0.4, -0.2) is 34.9 Å². The molecule has 0 spiro atoms. The molecule has 0 aliphatic heterocycles. The van der Waals surface area contributed by atoms with Gasteiger partial charge in [0.25, 0.3) is 0 Å². The molecule has 0 bridgehead atoms. The molecule has 0 rings (SSSR count). The van der Waals surface area contributed by atoms with Gasteiger partial charge >= 0.3 is 0 Å². The fourth-order valence-electron chi connectivity index (χ4n) is 4.89. The first-order valence-electron chi connectivity index (χ1n) is 15.7. The first-order valence-corrected chi connectivity index (χ1v) is 15.7. The fourth-order valence-corrected chi connectivity index (χ4v) is 4.89. The summed E-state index contributed by atoms with van der Waals surface area (Å²) in [5.74, 6) is -0.0487. The minimum Gasteiger partial charge on any atom is -0.394 e. The van der Waals surface area contributed by atoms with E-state index in [1.54, 1.807) is 0 Å². The summed E-state index contributed by atoms with van der Waals surface area (Å²) in [6.45, 7) is 4.24. The summed E-state index contributed by atoms with van der Waals surface area (Å²) in [5.41, 5.74) is 0. The predicted molar refractivity (Wildman–Crippen MR) is 152 cm³/mol. The van der Waals surface area contributed by atoms with Gasteiger partial charge in [-0.05, 0) is 12.8 Å². The van der Waals surface area contributed by atoms with Crippen LogP contribution in [0.5, 0.6) is 0 Å². The standard InChI is InChI=1S/C31H63NO3/c1-3-5-7-9-10-11-12-13-14-15-16-17-18-19-20-21-22-23-24-26-30(34)29(28-33)32-31(35)27-25-8-6-4-2/h29-30,33-34H,3-28H2,1-2H3,(H,32,35). The molecule has 0 aromatic heterocycles. The molecule has 210 valence electrons. The lowest BCUT2D eigenvalue weighted by atomic mass is 10.0. The summed E-state index contributed by atoms with van der Waals surface area (Å²) in [6, 6.07) is -0.524. The van der Waals surface area contributed by atoms with Crippen molar-refractivity contribution < 1.29 is 15.0 Å². The van der Waals surface area contributed by atoms with Crippen LogP contribution in [0.15, 0.2) is 0 Å². The van der Waals surface area contributed by atoms with Gasteiger partial charge in [0.05, 0.1) is 18.8 Å². The lowest BCUT2D eigenvalue weighted by Gasteiger charge is -2.22. The SMILES string of the molecule is CCCCCCCCCCCCCCCCCCCCCC(O)C(CO)NC(=O)CCCCCC. The molecule has 3 N–H and O–H groups in total. The van der Waals surface area contributed by atoms with Gasteiger partial charge in [-0.2, -0.15) is 0 Å². The van der Waals surface area contributed by atoms with Crippen molar-refractivity contribution in [2.45, 2.75) is 187 Å². The summed E-state index contributed by atoms with van der Waals surface area (Å²) in [4.78, 5) is 12.0. The molecule has 1 amide bonds. The van der Waals surface area contributed by atoms with E-state index >= 15 is 0 Å². The molecule has 2 atom stereocenters. The number of carbonyl (C=O) groups excluding carboxylic acids is 1. The Morgan fingerprint density at radius 3 is 1.29 bits per heavy atom. The van der Waals surface area contributed by atoms with Gasteiger partial charge in [-0.3, -0.25) is 4.79 Å². The van der Waals surface area contributed by atoms with Crippen LogP contribution in [-0.2, 0) is 4.79 Å². The molecule has 0 aliphatic rings. The third kappa shape index (κ3) is 24.8. The molecule has 0 saturated heterocycles. The van der Waals surface area contributed by atoms with Crippen molar-refractivity contribution >= 4 is 5.91 Å². The topological polar surface area (TPSA) is 69.6 Å². The molecule has 0 radical (unpaired) electrons. The summed E-state index contributed by atoms with van der Waals surface area (Å²) in [7, 11) is 0. The number of nitrogens with one attached hydrogen (secondary N) is 1. The van der Waals surface area contributed by atoms with E-state index in [4.69, 9.17) is 0 Å². The molecule has 35 heavy (non-hydrogen) atoms. The van der Waals surface area contributed by atoms with Gasteiger partial charge in [0, 0.05) is 6.42 Å². The van der Waals surface area contributed by atoms with Crippen LogP contribution in [0.4, 0.5) is 0 Å². The van der Waals surface area contributed by atoms with Crippen molar-refractivity contribution in [2.75, 3.05) is 6.61 Å². The lowest BCUT2D eigenvalue weighted by molar-refractivity contribution is -0.123. The van der Waals surface area contributed by atoms with E-state index in [1.165, 1.54) is 109 Å². The number of carbonyl (C=O) groups is 1. The van der Waals surface area contributed by atoms with Gasteiger partial charge in [-0.25, -0.2) is 0 Å². The van der Waals surface area contributed by atoms with Crippen molar-refractivity contribution in [3.8, 4) is 0 Å². The van der Waals surface area contributed by atoms with Crippen molar-refractivity contribution in [3.05, 3.63) is 0 Å². The largest absolute Gasteiger partial charge is 0.394 e. The van der Waals surface area contributed by atoms with E-state index in [1.807, 2.05) is 0 Å².